The van der Waals surface area contributed by atoms with Gasteiger partial charge >= 0.3 is 0 Å². The molecular formula is C13H27N2Si. The highest BCUT2D eigenvalue weighted by atomic mass is 28.3. The maximum absolute atomic E-state index is 2.82. The summed E-state index contributed by atoms with van der Waals surface area (Å²) in [7, 11) is -0.370. The first-order valence-corrected chi connectivity index (χ1v) is 9.11. The van der Waals surface area contributed by atoms with Gasteiger partial charge in [0.2, 0.25) is 9.12 Å². The Morgan fingerprint density at radius 3 is 1.19 bits per heavy atom. The quantitative estimate of drug-likeness (QED) is 0.684. The molecule has 2 heterocycles. The molecule has 2 rings (SSSR count). The molecule has 16 heavy (non-hydrogen) atoms. The molecule has 0 spiro atoms. The Morgan fingerprint density at radius 2 is 0.875 bits per heavy atom. The topological polar surface area (TPSA) is 6.48 Å². The molecule has 2 fully saturated rings. The predicted octanol–water partition coefficient (Wildman–Crippen LogP) is 2.86. The van der Waals surface area contributed by atoms with Gasteiger partial charge in [0.1, 0.15) is 0 Å². The van der Waals surface area contributed by atoms with Crippen LogP contribution in [0.2, 0.25) is 6.55 Å². The largest absolute Gasteiger partial charge is 0.312 e. The Hall–Kier alpha value is 0.137. The van der Waals surface area contributed by atoms with E-state index in [2.05, 4.69) is 15.7 Å². The van der Waals surface area contributed by atoms with Crippen LogP contribution >= 0.6 is 0 Å². The molecule has 0 saturated carbocycles. The van der Waals surface area contributed by atoms with Crippen molar-refractivity contribution in [3.8, 4) is 0 Å². The van der Waals surface area contributed by atoms with Crippen molar-refractivity contribution < 1.29 is 0 Å². The fourth-order valence-corrected chi connectivity index (χ4v) is 5.32. The molecule has 0 aromatic carbocycles. The van der Waals surface area contributed by atoms with Gasteiger partial charge < -0.3 is 9.13 Å². The Balaban J connectivity index is 1.85. The van der Waals surface area contributed by atoms with Gasteiger partial charge in [-0.15, -0.1) is 0 Å². The van der Waals surface area contributed by atoms with Crippen molar-refractivity contribution >= 4 is 9.12 Å². The predicted molar refractivity (Wildman–Crippen MR) is 71.7 cm³/mol. The van der Waals surface area contributed by atoms with Crippen LogP contribution in [0.3, 0.4) is 0 Å². The fourth-order valence-electron chi connectivity index (χ4n) is 2.99. The first-order valence-electron chi connectivity index (χ1n) is 7.21. The summed E-state index contributed by atoms with van der Waals surface area (Å²) in [5.41, 5.74) is 0. The van der Waals surface area contributed by atoms with Gasteiger partial charge in [-0.2, -0.15) is 0 Å². The second-order valence-electron chi connectivity index (χ2n) is 5.35. The zero-order chi connectivity index (χ0) is 11.2. The molecule has 0 atom stereocenters. The first kappa shape index (κ1) is 12.6. The summed E-state index contributed by atoms with van der Waals surface area (Å²) >= 11 is 0. The van der Waals surface area contributed by atoms with Crippen LogP contribution in [-0.2, 0) is 0 Å². The summed E-state index contributed by atoms with van der Waals surface area (Å²) < 4.78 is 5.64. The van der Waals surface area contributed by atoms with Gasteiger partial charge in [0.15, 0.2) is 0 Å². The molecule has 2 saturated heterocycles. The molecule has 0 bridgehead atoms. The molecular weight excluding hydrogens is 212 g/mol. The third kappa shape index (κ3) is 3.57. The zero-order valence-electron chi connectivity index (χ0n) is 10.9. The van der Waals surface area contributed by atoms with Crippen LogP contribution in [0.4, 0.5) is 0 Å². The summed E-state index contributed by atoms with van der Waals surface area (Å²) in [6, 6.07) is 0. The maximum Gasteiger partial charge on any atom is 0.226 e. The summed E-state index contributed by atoms with van der Waals surface area (Å²) in [5.74, 6) is 0. The van der Waals surface area contributed by atoms with Gasteiger partial charge in [-0.3, -0.25) is 0 Å². The molecule has 3 heteroatoms. The average Bonchev–Trinajstić information content (AvgIpc) is 2.73. The molecule has 2 aliphatic heterocycles. The van der Waals surface area contributed by atoms with Crippen LogP contribution in [0.15, 0.2) is 0 Å². The molecule has 0 aromatic rings. The van der Waals surface area contributed by atoms with Crippen molar-refractivity contribution in [3.63, 3.8) is 0 Å². The van der Waals surface area contributed by atoms with E-state index < -0.39 is 0 Å². The minimum atomic E-state index is -0.370. The van der Waals surface area contributed by atoms with Crippen LogP contribution in [-0.4, -0.2) is 44.4 Å². The highest BCUT2D eigenvalue weighted by Crippen LogP contribution is 2.16. The minimum Gasteiger partial charge on any atom is -0.312 e. The minimum absolute atomic E-state index is 0.370. The molecule has 0 amide bonds. The van der Waals surface area contributed by atoms with Crippen LogP contribution in [0.25, 0.3) is 0 Å². The number of hydrogen-bond acceptors (Lipinski definition) is 2. The molecule has 2 nitrogen and oxygen atoms in total. The Bertz CT molecular complexity index is 162. The van der Waals surface area contributed by atoms with Crippen LogP contribution in [0, 0.1) is 0 Å². The Kier molecular flexibility index (Phi) is 5.33. The molecule has 0 unspecified atom stereocenters. The van der Waals surface area contributed by atoms with Gasteiger partial charge in [-0.25, -0.2) is 0 Å². The molecule has 0 N–H and O–H groups in total. The van der Waals surface area contributed by atoms with E-state index >= 15 is 0 Å². The van der Waals surface area contributed by atoms with E-state index in [4.69, 9.17) is 0 Å². The standard InChI is InChI=1S/C13H27N2Si/c1-16(14-10-6-2-3-7-11-14)15-12-8-4-5-9-13-15/h2-13H2,1H3. The van der Waals surface area contributed by atoms with Crippen molar-refractivity contribution in [1.82, 2.24) is 9.13 Å². The van der Waals surface area contributed by atoms with Gasteiger partial charge in [0.25, 0.3) is 0 Å². The summed E-state index contributed by atoms with van der Waals surface area (Å²) in [6.45, 7) is 8.03. The zero-order valence-corrected chi connectivity index (χ0v) is 11.9. The van der Waals surface area contributed by atoms with Gasteiger partial charge in [-0.05, 0) is 58.4 Å². The first-order chi connectivity index (χ1) is 7.88. The second-order valence-corrected chi connectivity index (χ2v) is 7.71. The molecule has 0 aliphatic carbocycles. The lowest BCUT2D eigenvalue weighted by Gasteiger charge is -2.34. The van der Waals surface area contributed by atoms with E-state index in [1.807, 2.05) is 0 Å². The number of nitrogens with zero attached hydrogens (tertiary/aromatic N) is 2. The Morgan fingerprint density at radius 1 is 0.562 bits per heavy atom. The van der Waals surface area contributed by atoms with Crippen molar-refractivity contribution in [3.05, 3.63) is 0 Å². The number of hydrogen-bond donors (Lipinski definition) is 0. The molecule has 93 valence electrons. The van der Waals surface area contributed by atoms with Crippen molar-refractivity contribution in [2.75, 3.05) is 26.2 Å². The summed E-state index contributed by atoms with van der Waals surface area (Å²) in [5, 5.41) is 0. The average molecular weight is 239 g/mol. The van der Waals surface area contributed by atoms with E-state index in [1.54, 1.807) is 0 Å². The van der Waals surface area contributed by atoms with E-state index in [0.29, 0.717) is 0 Å². The lowest BCUT2D eigenvalue weighted by atomic mass is 10.2. The van der Waals surface area contributed by atoms with E-state index in [1.165, 1.54) is 77.5 Å². The summed E-state index contributed by atoms with van der Waals surface area (Å²) in [6.07, 6.45) is 11.6. The summed E-state index contributed by atoms with van der Waals surface area (Å²) in [4.78, 5) is 0. The number of rotatable bonds is 2. The van der Waals surface area contributed by atoms with Gasteiger partial charge in [-0.1, -0.05) is 25.7 Å². The van der Waals surface area contributed by atoms with Crippen molar-refractivity contribution in [2.45, 2.75) is 57.9 Å². The molecule has 0 aromatic heterocycles. The second kappa shape index (κ2) is 6.77. The van der Waals surface area contributed by atoms with Crippen molar-refractivity contribution in [2.24, 2.45) is 0 Å². The van der Waals surface area contributed by atoms with Crippen LogP contribution in [0.5, 0.6) is 0 Å². The fraction of sp³-hybridized carbons (Fsp3) is 1.00. The van der Waals surface area contributed by atoms with Gasteiger partial charge in [0.05, 0.1) is 0 Å². The van der Waals surface area contributed by atoms with Gasteiger partial charge in [0, 0.05) is 0 Å². The highest BCUT2D eigenvalue weighted by Gasteiger charge is 2.24. The third-order valence-corrected chi connectivity index (χ3v) is 6.85. The third-order valence-electron chi connectivity index (χ3n) is 4.13. The Labute approximate surface area is 103 Å². The molecule has 2 aliphatic rings. The lowest BCUT2D eigenvalue weighted by molar-refractivity contribution is 0.357. The SMILES string of the molecule is C[Si](N1CCCCCC1)N1CCCCCC1. The van der Waals surface area contributed by atoms with Crippen LogP contribution < -0.4 is 0 Å². The smallest absolute Gasteiger partial charge is 0.226 e. The van der Waals surface area contributed by atoms with Crippen molar-refractivity contribution in [1.29, 1.82) is 0 Å². The molecule has 1 radical (unpaired) electrons. The van der Waals surface area contributed by atoms with E-state index in [0.717, 1.165) is 0 Å². The lowest BCUT2D eigenvalue weighted by Crippen LogP contribution is -2.51. The highest BCUT2D eigenvalue weighted by molar-refractivity contribution is 6.51. The van der Waals surface area contributed by atoms with Crippen LogP contribution in [0.1, 0.15) is 51.4 Å². The van der Waals surface area contributed by atoms with E-state index in [9.17, 15) is 0 Å². The van der Waals surface area contributed by atoms with E-state index in [-0.39, 0.29) is 9.12 Å². The normalized spacial score (nSPS) is 26.6. The monoisotopic (exact) mass is 239 g/mol. The maximum atomic E-state index is 2.82.